The standard InChI is InChI=1S/C42H77N13O12S/c1-21(2)20-30(39(64)50-24(6)34(59)52-28(14-15-31(56)57)37(62)49-25(7)35(60)53-29(41(66)67)16-19-68-8)54-40(65)32(22(3)4)55-38(63)27(13-11-18-47-42(45)46)51-33(58)23(5)48-36(61)26(44)12-9-10-17-43/h21-30,32H,9-20,43-44H2,1-8H3,(H,48,61)(H,49,62)(H,50,64)(H,51,58)(H,52,59)(H,53,60)(H,54,65)(H,55,63)(H,56,57)(H,66,67)(H4,45,46,47)/t23-,24-,25-,26-,27-,28-,29-,30-,32-/m0/s1. The average molecular weight is 988 g/mol. The zero-order valence-electron chi connectivity index (χ0n) is 40.5. The molecule has 0 saturated heterocycles. The number of guanidine groups is 1. The number of nitrogens with two attached hydrogens (primary N) is 4. The van der Waals surface area contributed by atoms with Crippen molar-refractivity contribution in [2.75, 3.05) is 25.1 Å². The molecule has 0 fully saturated rings. The van der Waals surface area contributed by atoms with Gasteiger partial charge in [0.1, 0.15) is 48.3 Å². The molecule has 0 aliphatic rings. The topological polar surface area (TPSA) is 424 Å². The third-order valence-electron chi connectivity index (χ3n) is 10.2. The van der Waals surface area contributed by atoms with Gasteiger partial charge in [0.25, 0.3) is 0 Å². The number of hydrogen-bond acceptors (Lipinski definition) is 14. The lowest BCUT2D eigenvalue weighted by molar-refractivity contribution is -0.142. The Morgan fingerprint density at radius 3 is 1.47 bits per heavy atom. The number of carbonyl (C=O) groups excluding carboxylic acids is 8. The molecule has 8 amide bonds. The van der Waals surface area contributed by atoms with Crippen LogP contribution in [0.3, 0.4) is 0 Å². The Morgan fingerprint density at radius 2 is 1.01 bits per heavy atom. The average Bonchev–Trinajstić information content (AvgIpc) is 3.25. The van der Waals surface area contributed by atoms with Crippen molar-refractivity contribution < 1.29 is 58.2 Å². The summed E-state index contributed by atoms with van der Waals surface area (Å²) in [7, 11) is 0. The smallest absolute Gasteiger partial charge is 0.326 e. The Balaban J connectivity index is 6.13. The molecular formula is C42H77N13O12S. The van der Waals surface area contributed by atoms with Gasteiger partial charge >= 0.3 is 11.9 Å². The summed E-state index contributed by atoms with van der Waals surface area (Å²) < 4.78 is 0. The Labute approximate surface area is 402 Å². The molecule has 26 heteroatoms. The molecule has 0 aliphatic carbocycles. The van der Waals surface area contributed by atoms with E-state index in [1.54, 1.807) is 34.0 Å². The van der Waals surface area contributed by atoms with Crippen LogP contribution in [0, 0.1) is 11.8 Å². The van der Waals surface area contributed by atoms with Crippen molar-refractivity contribution in [1.29, 1.82) is 0 Å². The third-order valence-corrected chi connectivity index (χ3v) is 10.9. The van der Waals surface area contributed by atoms with E-state index in [-0.39, 0.29) is 44.1 Å². The van der Waals surface area contributed by atoms with E-state index in [0.717, 1.165) is 0 Å². The second kappa shape index (κ2) is 32.9. The highest BCUT2D eigenvalue weighted by molar-refractivity contribution is 7.98. The van der Waals surface area contributed by atoms with Gasteiger partial charge in [-0.05, 0) is 96.1 Å². The van der Waals surface area contributed by atoms with Gasteiger partial charge in [-0.3, -0.25) is 48.1 Å². The van der Waals surface area contributed by atoms with Crippen molar-refractivity contribution in [1.82, 2.24) is 42.5 Å². The maximum Gasteiger partial charge on any atom is 0.326 e. The minimum atomic E-state index is -1.50. The van der Waals surface area contributed by atoms with Crippen molar-refractivity contribution in [2.45, 2.75) is 161 Å². The summed E-state index contributed by atoms with van der Waals surface area (Å²) in [5.74, 6) is -9.41. The number of thioether (sulfide) groups is 1. The first kappa shape index (κ1) is 62.2. The molecule has 18 N–H and O–H groups in total. The van der Waals surface area contributed by atoms with E-state index < -0.39 is 132 Å². The number of aliphatic carboxylic acids is 2. The Kier molecular flexibility index (Phi) is 30.1. The van der Waals surface area contributed by atoms with E-state index in [1.165, 1.54) is 32.5 Å². The van der Waals surface area contributed by atoms with Crippen molar-refractivity contribution in [3.05, 3.63) is 0 Å². The molecule has 0 bridgehead atoms. The molecule has 0 aromatic rings. The lowest BCUT2D eigenvalue weighted by atomic mass is 9.99. The first-order valence-corrected chi connectivity index (χ1v) is 24.0. The second-order valence-electron chi connectivity index (χ2n) is 17.2. The summed E-state index contributed by atoms with van der Waals surface area (Å²) in [4.78, 5) is 134. The summed E-state index contributed by atoms with van der Waals surface area (Å²) in [6, 6.07) is -11.1. The van der Waals surface area contributed by atoms with E-state index in [4.69, 9.17) is 22.9 Å². The summed E-state index contributed by atoms with van der Waals surface area (Å²) in [5, 5.41) is 38.8. The minimum Gasteiger partial charge on any atom is -0.481 e. The SMILES string of the molecule is CSCC[C@H](NC(=O)[C@H](C)NC(=O)[C@H](CCC(=O)O)NC(=O)[C@H](C)NC(=O)[C@H](CC(C)C)NC(=O)[C@@H](NC(=O)[C@H](CCCN=C(N)N)NC(=O)[C@H](C)NC(=O)[C@@H](N)CCCCN)C(C)C)C(=O)O. The van der Waals surface area contributed by atoms with E-state index in [1.807, 2.05) is 0 Å². The molecule has 0 aliphatic heterocycles. The molecule has 0 rings (SSSR count). The van der Waals surface area contributed by atoms with Crippen LogP contribution in [0.5, 0.6) is 0 Å². The number of carbonyl (C=O) groups is 10. The van der Waals surface area contributed by atoms with Gasteiger partial charge in [0.2, 0.25) is 47.3 Å². The summed E-state index contributed by atoms with van der Waals surface area (Å²) in [6.45, 7) is 11.3. The van der Waals surface area contributed by atoms with Gasteiger partial charge in [-0.15, -0.1) is 0 Å². The molecule has 0 heterocycles. The van der Waals surface area contributed by atoms with Gasteiger partial charge in [0.15, 0.2) is 5.96 Å². The van der Waals surface area contributed by atoms with E-state index in [2.05, 4.69) is 47.5 Å². The van der Waals surface area contributed by atoms with Crippen LogP contribution in [0.15, 0.2) is 4.99 Å². The van der Waals surface area contributed by atoms with Crippen LogP contribution in [0.25, 0.3) is 0 Å². The molecule has 388 valence electrons. The van der Waals surface area contributed by atoms with Crippen LogP contribution in [0.2, 0.25) is 0 Å². The predicted molar refractivity (Wildman–Crippen MR) is 255 cm³/mol. The summed E-state index contributed by atoms with van der Waals surface area (Å²) in [5.41, 5.74) is 22.3. The number of hydrogen-bond donors (Lipinski definition) is 14. The fourth-order valence-corrected chi connectivity index (χ4v) is 6.70. The Bertz CT molecular complexity index is 1730. The largest absolute Gasteiger partial charge is 0.481 e. The summed E-state index contributed by atoms with van der Waals surface area (Å²) in [6.07, 6.45) is 2.82. The number of unbranched alkanes of at least 4 members (excludes halogenated alkanes) is 1. The van der Waals surface area contributed by atoms with Gasteiger partial charge < -0.3 is 75.7 Å². The van der Waals surface area contributed by atoms with Crippen molar-refractivity contribution in [3.8, 4) is 0 Å². The van der Waals surface area contributed by atoms with E-state index in [9.17, 15) is 58.2 Å². The van der Waals surface area contributed by atoms with Crippen molar-refractivity contribution >= 4 is 76.9 Å². The summed E-state index contributed by atoms with van der Waals surface area (Å²) >= 11 is 1.37. The highest BCUT2D eigenvalue weighted by Crippen LogP contribution is 2.11. The van der Waals surface area contributed by atoms with Crippen LogP contribution in [0.4, 0.5) is 0 Å². The van der Waals surface area contributed by atoms with Crippen LogP contribution >= 0.6 is 11.8 Å². The van der Waals surface area contributed by atoms with Gasteiger partial charge in [-0.2, -0.15) is 11.8 Å². The van der Waals surface area contributed by atoms with Gasteiger partial charge in [-0.25, -0.2) is 4.79 Å². The highest BCUT2D eigenvalue weighted by atomic mass is 32.2. The molecule has 0 aromatic carbocycles. The molecule has 0 aromatic heterocycles. The maximum atomic E-state index is 13.9. The molecule has 0 spiro atoms. The number of nitrogens with zero attached hydrogens (tertiary/aromatic N) is 1. The Hall–Kier alpha value is -5.76. The maximum absolute atomic E-state index is 13.9. The number of aliphatic imine (C=N–C) groups is 1. The van der Waals surface area contributed by atoms with E-state index in [0.29, 0.717) is 31.6 Å². The fourth-order valence-electron chi connectivity index (χ4n) is 6.23. The number of nitrogens with one attached hydrogen (secondary N) is 8. The zero-order valence-corrected chi connectivity index (χ0v) is 41.3. The first-order chi connectivity index (χ1) is 31.7. The fraction of sp³-hybridized carbons (Fsp3) is 0.738. The molecule has 68 heavy (non-hydrogen) atoms. The number of carboxylic acid groups (broad SMARTS) is 2. The highest BCUT2D eigenvalue weighted by Gasteiger charge is 2.34. The minimum absolute atomic E-state index is 0.0112. The van der Waals surface area contributed by atoms with Gasteiger partial charge in [0.05, 0.1) is 6.04 Å². The second-order valence-corrected chi connectivity index (χ2v) is 18.2. The number of carboxylic acids is 2. The van der Waals surface area contributed by atoms with Crippen LogP contribution in [-0.2, 0) is 47.9 Å². The number of rotatable bonds is 34. The molecule has 0 radical (unpaired) electrons. The molecule has 0 saturated carbocycles. The normalized spacial score (nSPS) is 15.1. The number of amides is 8. The molecule has 0 unspecified atom stereocenters. The molecule has 9 atom stereocenters. The Morgan fingerprint density at radius 1 is 0.544 bits per heavy atom. The molecule has 25 nitrogen and oxygen atoms in total. The van der Waals surface area contributed by atoms with Crippen molar-refractivity contribution in [2.24, 2.45) is 39.8 Å². The zero-order chi connectivity index (χ0) is 52.3. The predicted octanol–water partition coefficient (Wildman–Crippen LogP) is -3.16. The van der Waals surface area contributed by atoms with Crippen molar-refractivity contribution in [3.63, 3.8) is 0 Å². The van der Waals surface area contributed by atoms with Gasteiger partial charge in [-0.1, -0.05) is 34.1 Å². The van der Waals surface area contributed by atoms with E-state index >= 15 is 0 Å². The lowest BCUT2D eigenvalue weighted by Gasteiger charge is -2.29. The third kappa shape index (κ3) is 25.4. The van der Waals surface area contributed by atoms with Crippen LogP contribution in [0.1, 0.15) is 106 Å². The molecular weight excluding hydrogens is 911 g/mol. The lowest BCUT2D eigenvalue weighted by Crippen LogP contribution is -2.60. The quantitative estimate of drug-likeness (QED) is 0.0172. The van der Waals surface area contributed by atoms with Gasteiger partial charge in [0, 0.05) is 13.0 Å². The van der Waals surface area contributed by atoms with Crippen LogP contribution < -0.4 is 65.5 Å². The monoisotopic (exact) mass is 988 g/mol. The van der Waals surface area contributed by atoms with Crippen LogP contribution in [-0.4, -0.2) is 155 Å². The first-order valence-electron chi connectivity index (χ1n) is 22.6.